The maximum Gasteiger partial charge on any atom is 0.320 e. The average Bonchev–Trinajstić information content (AvgIpc) is 2.70. The van der Waals surface area contributed by atoms with Gasteiger partial charge in [-0.15, -0.1) is 0 Å². The van der Waals surface area contributed by atoms with Gasteiger partial charge in [-0.1, -0.05) is 20.3 Å². The standard InChI is InChI=1S/C7H16N4O2.C7H13NO4.C6H13NO2/c8-5(6(12)13)3-1-2-4-11-7(9)10;8-5(7(11)12)3-1-2-4-6(9)10;1-4(2)3-5(7)6(8)9/h5H,1-4,8H2,(H,12,13)(H4,9,10,11);5H,1-4,8H2,(H,9,10)(H,11,12);4-5H,3,7H2,1-2H3,(H,8,9)/t5-;;5-/m0.0/s1. The van der Waals surface area contributed by atoms with E-state index in [1.807, 2.05) is 13.8 Å². The minimum atomic E-state index is -1.04. The number of nitrogens with zero attached hydrogens (tertiary/aromatic N) is 1. The summed E-state index contributed by atoms with van der Waals surface area (Å²) in [6.45, 7) is 4.42. The smallest absolute Gasteiger partial charge is 0.320 e. The Labute approximate surface area is 199 Å². The van der Waals surface area contributed by atoms with Crippen molar-refractivity contribution < 1.29 is 39.6 Å². The second-order valence-corrected chi connectivity index (χ2v) is 7.91. The third kappa shape index (κ3) is 29.0. The number of aliphatic carboxylic acids is 4. The molecule has 0 aliphatic rings. The Kier molecular flexibility index (Phi) is 22.9. The van der Waals surface area contributed by atoms with Gasteiger partial charge in [0.15, 0.2) is 5.96 Å². The van der Waals surface area contributed by atoms with Crippen LogP contribution in [-0.4, -0.2) is 74.9 Å². The number of carboxylic acid groups (broad SMARTS) is 4. The lowest BCUT2D eigenvalue weighted by atomic mass is 10.1. The number of guanidine groups is 1. The van der Waals surface area contributed by atoms with Crippen LogP contribution in [-0.2, 0) is 19.2 Å². The summed E-state index contributed by atoms with van der Waals surface area (Å²) < 4.78 is 0. The molecule has 0 heterocycles. The molecule has 0 saturated heterocycles. The van der Waals surface area contributed by atoms with E-state index in [2.05, 4.69) is 4.99 Å². The topological polar surface area (TPSA) is 292 Å². The first-order valence-corrected chi connectivity index (χ1v) is 10.8. The fourth-order valence-corrected chi connectivity index (χ4v) is 2.18. The van der Waals surface area contributed by atoms with Crippen LogP contribution in [0.15, 0.2) is 4.99 Å². The first kappa shape index (κ1) is 35.6. The zero-order valence-electron chi connectivity index (χ0n) is 19.9. The summed E-state index contributed by atoms with van der Waals surface area (Å²) in [6, 6.07) is -2.33. The van der Waals surface area contributed by atoms with E-state index in [9.17, 15) is 19.2 Å². The van der Waals surface area contributed by atoms with Gasteiger partial charge in [0.1, 0.15) is 18.1 Å². The largest absolute Gasteiger partial charge is 0.481 e. The molecule has 0 radical (unpaired) electrons. The molecule has 0 aromatic rings. The molecule has 0 aromatic carbocycles. The third-order valence-electron chi connectivity index (χ3n) is 4.05. The lowest BCUT2D eigenvalue weighted by Crippen LogP contribution is -2.31. The molecule has 1 unspecified atom stereocenters. The summed E-state index contributed by atoms with van der Waals surface area (Å²) in [5, 5.41) is 33.3. The van der Waals surface area contributed by atoms with Crippen LogP contribution in [0.4, 0.5) is 0 Å². The fourth-order valence-electron chi connectivity index (χ4n) is 2.18. The normalized spacial score (nSPS) is 12.6. The maximum absolute atomic E-state index is 10.3. The quantitative estimate of drug-likeness (QED) is 0.0775. The molecule has 0 saturated carbocycles. The molecule has 3 atom stereocenters. The number of carboxylic acids is 4. The molecule has 14 nitrogen and oxygen atoms in total. The van der Waals surface area contributed by atoms with Crippen molar-refractivity contribution in [1.29, 1.82) is 0 Å². The van der Waals surface area contributed by atoms with Crippen LogP contribution < -0.4 is 28.7 Å². The van der Waals surface area contributed by atoms with Crippen molar-refractivity contribution in [1.82, 2.24) is 0 Å². The summed E-state index contributed by atoms with van der Waals surface area (Å²) in [7, 11) is 0. The van der Waals surface area contributed by atoms with Gasteiger partial charge in [0.25, 0.3) is 0 Å². The van der Waals surface area contributed by atoms with Crippen LogP contribution in [0.25, 0.3) is 0 Å². The Hall–Kier alpha value is -2.97. The van der Waals surface area contributed by atoms with Crippen molar-refractivity contribution in [3.63, 3.8) is 0 Å². The van der Waals surface area contributed by atoms with Crippen molar-refractivity contribution in [2.45, 2.75) is 83.3 Å². The highest BCUT2D eigenvalue weighted by molar-refractivity contribution is 5.75. The van der Waals surface area contributed by atoms with Crippen molar-refractivity contribution in [2.24, 2.45) is 39.6 Å². The van der Waals surface area contributed by atoms with E-state index >= 15 is 0 Å². The van der Waals surface area contributed by atoms with Crippen LogP contribution in [0.1, 0.15) is 65.2 Å². The summed E-state index contributed by atoms with van der Waals surface area (Å²) in [6.07, 6.45) is 3.90. The Balaban J connectivity index is -0.000000431. The molecule has 200 valence electrons. The van der Waals surface area contributed by atoms with Gasteiger partial charge in [0.05, 0.1) is 0 Å². The molecule has 0 aliphatic heterocycles. The van der Waals surface area contributed by atoms with E-state index in [0.717, 1.165) is 6.42 Å². The zero-order valence-corrected chi connectivity index (χ0v) is 19.9. The molecule has 0 rings (SSSR count). The number of rotatable bonds is 15. The molecule has 0 aliphatic carbocycles. The number of aliphatic imine (C=N–C) groups is 1. The highest BCUT2D eigenvalue weighted by atomic mass is 16.4. The monoisotopic (exact) mass is 494 g/mol. The van der Waals surface area contributed by atoms with Gasteiger partial charge in [-0.05, 0) is 44.4 Å². The first-order valence-electron chi connectivity index (χ1n) is 10.8. The van der Waals surface area contributed by atoms with Crippen molar-refractivity contribution in [3.8, 4) is 0 Å². The maximum atomic E-state index is 10.3. The number of carbonyl (C=O) groups is 4. The van der Waals surface area contributed by atoms with E-state index in [1.54, 1.807) is 0 Å². The molecular weight excluding hydrogens is 452 g/mol. The first-order chi connectivity index (χ1) is 15.6. The highest BCUT2D eigenvalue weighted by Crippen LogP contribution is 2.03. The lowest BCUT2D eigenvalue weighted by Gasteiger charge is -2.07. The second kappa shape index (κ2) is 21.9. The molecule has 0 bridgehead atoms. The number of unbranched alkanes of at least 4 members (excludes halogenated alkanes) is 2. The molecule has 0 spiro atoms. The number of nitrogens with two attached hydrogens (primary N) is 5. The van der Waals surface area contributed by atoms with Crippen LogP contribution in [0.3, 0.4) is 0 Å². The van der Waals surface area contributed by atoms with Gasteiger partial charge in [0.2, 0.25) is 0 Å². The predicted molar refractivity (Wildman–Crippen MR) is 127 cm³/mol. The molecule has 0 fully saturated rings. The fraction of sp³-hybridized carbons (Fsp3) is 0.750. The van der Waals surface area contributed by atoms with Gasteiger partial charge < -0.3 is 49.1 Å². The molecule has 0 aromatic heterocycles. The van der Waals surface area contributed by atoms with E-state index < -0.39 is 42.0 Å². The summed E-state index contributed by atoms with van der Waals surface area (Å²) >= 11 is 0. The van der Waals surface area contributed by atoms with Crippen molar-refractivity contribution >= 4 is 29.8 Å². The van der Waals surface area contributed by atoms with Gasteiger partial charge in [0, 0.05) is 13.0 Å². The van der Waals surface area contributed by atoms with Crippen molar-refractivity contribution in [2.75, 3.05) is 6.54 Å². The van der Waals surface area contributed by atoms with Crippen LogP contribution in [0.2, 0.25) is 0 Å². The molecule has 0 amide bonds. The predicted octanol–water partition coefficient (Wildman–Crippen LogP) is -0.670. The lowest BCUT2D eigenvalue weighted by molar-refractivity contribution is -0.139. The summed E-state index contributed by atoms with van der Waals surface area (Å²) in [5.74, 6) is -3.37. The third-order valence-corrected chi connectivity index (χ3v) is 4.05. The Morgan fingerprint density at radius 2 is 1.12 bits per heavy atom. The van der Waals surface area contributed by atoms with Gasteiger partial charge in [-0.3, -0.25) is 24.2 Å². The summed E-state index contributed by atoms with van der Waals surface area (Å²) in [4.78, 5) is 44.4. The second-order valence-electron chi connectivity index (χ2n) is 7.91. The van der Waals surface area contributed by atoms with E-state index in [4.69, 9.17) is 49.1 Å². The van der Waals surface area contributed by atoms with E-state index in [0.29, 0.717) is 51.0 Å². The molecule has 14 N–H and O–H groups in total. The van der Waals surface area contributed by atoms with E-state index in [-0.39, 0.29) is 12.4 Å². The summed E-state index contributed by atoms with van der Waals surface area (Å²) in [5.41, 5.74) is 25.9. The molecule has 34 heavy (non-hydrogen) atoms. The molecule has 14 heteroatoms. The Morgan fingerprint density at radius 1 is 0.706 bits per heavy atom. The minimum absolute atomic E-state index is 0.0579. The highest BCUT2D eigenvalue weighted by Gasteiger charge is 2.12. The van der Waals surface area contributed by atoms with Crippen LogP contribution >= 0.6 is 0 Å². The zero-order chi connectivity index (χ0) is 27.3. The van der Waals surface area contributed by atoms with Gasteiger partial charge in [-0.25, -0.2) is 0 Å². The molecular formula is C20H42N6O8. The average molecular weight is 495 g/mol. The van der Waals surface area contributed by atoms with Crippen LogP contribution in [0.5, 0.6) is 0 Å². The Morgan fingerprint density at radius 3 is 1.41 bits per heavy atom. The number of hydrogen-bond acceptors (Lipinski definition) is 8. The van der Waals surface area contributed by atoms with Gasteiger partial charge >= 0.3 is 23.9 Å². The van der Waals surface area contributed by atoms with Crippen LogP contribution in [0, 0.1) is 5.92 Å². The van der Waals surface area contributed by atoms with E-state index in [1.165, 1.54) is 0 Å². The number of hydrogen-bond donors (Lipinski definition) is 9. The Bertz CT molecular complexity index is 626. The SMILES string of the molecule is CC(C)C[C@H](N)C(=O)O.NC(CCCCC(=O)O)C(=O)O.NC(N)=NCCCC[C@H](N)C(=O)O. The van der Waals surface area contributed by atoms with Gasteiger partial charge in [-0.2, -0.15) is 0 Å². The van der Waals surface area contributed by atoms with Crippen molar-refractivity contribution in [3.05, 3.63) is 0 Å². The minimum Gasteiger partial charge on any atom is -0.481 e.